The second-order valence-corrected chi connectivity index (χ2v) is 7.82. The fourth-order valence-electron chi connectivity index (χ4n) is 3.23. The number of carbonyl (C=O) groups excluding carboxylic acids is 2. The molecule has 1 aliphatic rings. The second kappa shape index (κ2) is 9.56. The van der Waals surface area contributed by atoms with E-state index in [-0.39, 0.29) is 12.5 Å². The number of morpholine rings is 1. The number of hydrogen-bond donors (Lipinski definition) is 1. The topological polar surface area (TPSA) is 67.9 Å². The van der Waals surface area contributed by atoms with Crippen LogP contribution < -0.4 is 10.2 Å². The van der Waals surface area contributed by atoms with Gasteiger partial charge in [-0.2, -0.15) is 0 Å². The predicted octanol–water partition coefficient (Wildman–Crippen LogP) is 4.05. The molecule has 30 heavy (non-hydrogen) atoms. The molecule has 3 aromatic rings. The summed E-state index contributed by atoms with van der Waals surface area (Å²) in [5.41, 5.74) is 2.69. The van der Waals surface area contributed by atoms with E-state index < -0.39 is 5.97 Å². The molecule has 0 radical (unpaired) electrons. The van der Waals surface area contributed by atoms with Gasteiger partial charge in [0.15, 0.2) is 6.61 Å². The van der Waals surface area contributed by atoms with Crippen LogP contribution in [0, 0.1) is 0 Å². The lowest BCUT2D eigenvalue weighted by molar-refractivity contribution is -0.119. The van der Waals surface area contributed by atoms with Crippen molar-refractivity contribution >= 4 is 33.9 Å². The Kier molecular flexibility index (Phi) is 6.41. The van der Waals surface area contributed by atoms with Crippen LogP contribution in [0.25, 0.3) is 11.1 Å². The lowest BCUT2D eigenvalue weighted by atomic mass is 10.1. The van der Waals surface area contributed by atoms with Crippen molar-refractivity contribution in [1.82, 2.24) is 0 Å². The van der Waals surface area contributed by atoms with Crippen LogP contribution in [0.15, 0.2) is 66.7 Å². The third-order valence-corrected chi connectivity index (χ3v) is 5.86. The standard InChI is InChI=1S/C23H22N2O4S/c26-21(24-18-9-5-2-6-10-18)16-29-23(27)20-15-19(17-7-3-1-4-8-17)22(30-20)25-11-13-28-14-12-25/h1-10,15H,11-14,16H2,(H,24,26). The largest absolute Gasteiger partial charge is 0.451 e. The van der Waals surface area contributed by atoms with Gasteiger partial charge in [-0.1, -0.05) is 48.5 Å². The summed E-state index contributed by atoms with van der Waals surface area (Å²) in [6.45, 7) is 2.53. The van der Waals surface area contributed by atoms with E-state index >= 15 is 0 Å². The Bertz CT molecular complexity index is 999. The number of ether oxygens (including phenoxy) is 2. The first-order valence-electron chi connectivity index (χ1n) is 9.74. The molecule has 0 saturated carbocycles. The Labute approximate surface area is 179 Å². The maximum atomic E-state index is 12.6. The number of thiophene rings is 1. The van der Waals surface area contributed by atoms with E-state index in [4.69, 9.17) is 9.47 Å². The summed E-state index contributed by atoms with van der Waals surface area (Å²) in [6, 6.07) is 20.9. The highest BCUT2D eigenvalue weighted by Gasteiger charge is 2.23. The molecular weight excluding hydrogens is 400 g/mol. The van der Waals surface area contributed by atoms with Gasteiger partial charge in [0.2, 0.25) is 0 Å². The number of esters is 1. The second-order valence-electron chi connectivity index (χ2n) is 6.79. The van der Waals surface area contributed by atoms with Crippen molar-refractivity contribution in [1.29, 1.82) is 0 Å². The monoisotopic (exact) mass is 422 g/mol. The van der Waals surface area contributed by atoms with Gasteiger partial charge in [0, 0.05) is 24.3 Å². The Morgan fingerprint density at radius 3 is 2.37 bits per heavy atom. The number of benzene rings is 2. The fraction of sp³-hybridized carbons (Fsp3) is 0.217. The molecule has 0 atom stereocenters. The molecule has 154 valence electrons. The summed E-state index contributed by atoms with van der Waals surface area (Å²) >= 11 is 1.39. The molecule has 4 rings (SSSR count). The number of hydrogen-bond acceptors (Lipinski definition) is 6. The Hall–Kier alpha value is -3.16. The summed E-state index contributed by atoms with van der Waals surface area (Å²) in [6.07, 6.45) is 0. The van der Waals surface area contributed by atoms with Crippen molar-refractivity contribution in [2.45, 2.75) is 0 Å². The zero-order chi connectivity index (χ0) is 20.8. The molecule has 0 unspecified atom stereocenters. The Morgan fingerprint density at radius 2 is 1.67 bits per heavy atom. The third-order valence-electron chi connectivity index (χ3n) is 4.69. The zero-order valence-corrected chi connectivity index (χ0v) is 17.2. The molecule has 1 N–H and O–H groups in total. The van der Waals surface area contributed by atoms with E-state index in [9.17, 15) is 9.59 Å². The predicted molar refractivity (Wildman–Crippen MR) is 118 cm³/mol. The van der Waals surface area contributed by atoms with Crippen molar-refractivity contribution in [3.63, 3.8) is 0 Å². The normalized spacial score (nSPS) is 13.7. The molecule has 1 saturated heterocycles. The first-order chi connectivity index (χ1) is 14.7. The number of nitrogens with one attached hydrogen (secondary N) is 1. The summed E-state index contributed by atoms with van der Waals surface area (Å²) in [5.74, 6) is -0.873. The quantitative estimate of drug-likeness (QED) is 0.607. The molecule has 0 bridgehead atoms. The van der Waals surface area contributed by atoms with Crippen LogP contribution in [0.5, 0.6) is 0 Å². The molecule has 1 amide bonds. The van der Waals surface area contributed by atoms with E-state index in [2.05, 4.69) is 10.2 Å². The highest BCUT2D eigenvalue weighted by molar-refractivity contribution is 7.18. The van der Waals surface area contributed by atoms with Crippen molar-refractivity contribution in [2.75, 3.05) is 43.1 Å². The van der Waals surface area contributed by atoms with Gasteiger partial charge in [-0.25, -0.2) is 4.79 Å². The number of nitrogens with zero attached hydrogens (tertiary/aromatic N) is 1. The lowest BCUT2D eigenvalue weighted by Gasteiger charge is -2.28. The summed E-state index contributed by atoms with van der Waals surface area (Å²) in [7, 11) is 0. The van der Waals surface area contributed by atoms with Gasteiger partial charge in [-0.05, 0) is 23.8 Å². The van der Waals surface area contributed by atoms with Crippen LogP contribution in [-0.4, -0.2) is 44.8 Å². The molecular formula is C23H22N2O4S. The number of amides is 1. The summed E-state index contributed by atoms with van der Waals surface area (Å²) in [5, 5.41) is 3.73. The average Bonchev–Trinajstić information content (AvgIpc) is 3.25. The van der Waals surface area contributed by atoms with Gasteiger partial charge in [-0.15, -0.1) is 11.3 Å². The molecule has 0 aliphatic carbocycles. The van der Waals surface area contributed by atoms with Crippen molar-refractivity contribution < 1.29 is 19.1 Å². The number of anilines is 2. The van der Waals surface area contributed by atoms with E-state index in [1.807, 2.05) is 54.6 Å². The molecule has 0 spiro atoms. The Balaban J connectivity index is 1.48. The SMILES string of the molecule is O=C(COC(=O)c1cc(-c2ccccc2)c(N2CCOCC2)s1)Nc1ccccc1. The van der Waals surface area contributed by atoms with E-state index in [1.54, 1.807) is 12.1 Å². The zero-order valence-electron chi connectivity index (χ0n) is 16.4. The van der Waals surface area contributed by atoms with Gasteiger partial charge >= 0.3 is 5.97 Å². The maximum absolute atomic E-state index is 12.6. The minimum absolute atomic E-state index is 0.334. The van der Waals surface area contributed by atoms with Crippen LogP contribution in [0.2, 0.25) is 0 Å². The molecule has 1 fully saturated rings. The van der Waals surface area contributed by atoms with Gasteiger partial charge in [0.05, 0.1) is 18.2 Å². The molecule has 2 heterocycles. The molecule has 2 aromatic carbocycles. The van der Waals surface area contributed by atoms with Crippen LogP contribution in [-0.2, 0) is 14.3 Å². The first-order valence-corrected chi connectivity index (χ1v) is 10.6. The molecule has 7 heteroatoms. The van der Waals surface area contributed by atoms with Gasteiger partial charge in [0.1, 0.15) is 4.88 Å². The van der Waals surface area contributed by atoms with Crippen molar-refractivity contribution in [3.8, 4) is 11.1 Å². The minimum atomic E-state index is -0.500. The summed E-state index contributed by atoms with van der Waals surface area (Å²) in [4.78, 5) is 27.4. The fourth-order valence-corrected chi connectivity index (χ4v) is 4.35. The van der Waals surface area contributed by atoms with Crippen LogP contribution in [0.4, 0.5) is 10.7 Å². The van der Waals surface area contributed by atoms with Gasteiger partial charge < -0.3 is 19.7 Å². The van der Waals surface area contributed by atoms with Crippen molar-refractivity contribution in [3.05, 3.63) is 71.6 Å². The number of carbonyl (C=O) groups is 2. The Morgan fingerprint density at radius 1 is 1.00 bits per heavy atom. The maximum Gasteiger partial charge on any atom is 0.348 e. The van der Waals surface area contributed by atoms with Gasteiger partial charge in [0.25, 0.3) is 5.91 Å². The average molecular weight is 423 g/mol. The van der Waals surface area contributed by atoms with Crippen LogP contribution in [0.1, 0.15) is 9.67 Å². The number of para-hydroxylation sites is 1. The first kappa shape index (κ1) is 20.1. The lowest BCUT2D eigenvalue weighted by Crippen LogP contribution is -2.35. The number of rotatable bonds is 6. The highest BCUT2D eigenvalue weighted by atomic mass is 32.1. The molecule has 6 nitrogen and oxygen atoms in total. The minimum Gasteiger partial charge on any atom is -0.451 e. The summed E-state index contributed by atoms with van der Waals surface area (Å²) < 4.78 is 10.7. The van der Waals surface area contributed by atoms with Crippen LogP contribution >= 0.6 is 11.3 Å². The highest BCUT2D eigenvalue weighted by Crippen LogP contribution is 2.39. The van der Waals surface area contributed by atoms with Crippen molar-refractivity contribution in [2.24, 2.45) is 0 Å². The van der Waals surface area contributed by atoms with E-state index in [1.165, 1.54) is 11.3 Å². The smallest absolute Gasteiger partial charge is 0.348 e. The van der Waals surface area contributed by atoms with Crippen LogP contribution in [0.3, 0.4) is 0 Å². The molecule has 1 aromatic heterocycles. The molecule has 1 aliphatic heterocycles. The third kappa shape index (κ3) is 4.87. The van der Waals surface area contributed by atoms with E-state index in [0.717, 1.165) is 29.2 Å². The van der Waals surface area contributed by atoms with E-state index in [0.29, 0.717) is 23.8 Å². The van der Waals surface area contributed by atoms with Gasteiger partial charge in [-0.3, -0.25) is 4.79 Å².